The molecule has 0 aromatic carbocycles. The van der Waals surface area contributed by atoms with E-state index >= 15 is 0 Å². The molecule has 162 valence electrons. The molecule has 0 bridgehead atoms. The molecule has 1 amide bonds. The lowest BCUT2D eigenvalue weighted by Crippen LogP contribution is -2.28. The summed E-state index contributed by atoms with van der Waals surface area (Å²) in [6.07, 6.45) is 7.59. The van der Waals surface area contributed by atoms with Gasteiger partial charge in [-0.1, -0.05) is 12.1 Å². The minimum atomic E-state index is -0.330. The quantitative estimate of drug-likeness (QED) is 0.413. The van der Waals surface area contributed by atoms with Gasteiger partial charge >= 0.3 is 0 Å². The number of aromatic amines is 1. The summed E-state index contributed by atoms with van der Waals surface area (Å²) >= 11 is 1.68. The maximum Gasteiger partial charge on any atom is 0.253 e. The van der Waals surface area contributed by atoms with Gasteiger partial charge in [-0.25, -0.2) is 9.67 Å². The number of pyridine rings is 1. The topological polar surface area (TPSA) is 119 Å². The third-order valence-corrected chi connectivity index (χ3v) is 6.27. The number of hydrogen-bond acceptors (Lipinski definition) is 7. The Morgan fingerprint density at radius 2 is 2.16 bits per heavy atom. The summed E-state index contributed by atoms with van der Waals surface area (Å²) in [5, 5.41) is 19.1. The SMILES string of the molecule is CCc1cnnn1-c1cc(C(=O)N[C@@H](C)c2nnc[nH]2)cn2c(-c3ccc(C)s3)cnc12. The average molecular weight is 448 g/mol. The van der Waals surface area contributed by atoms with Crippen molar-refractivity contribution in [2.45, 2.75) is 33.2 Å². The molecule has 1 atom stereocenters. The van der Waals surface area contributed by atoms with Crippen molar-refractivity contribution in [1.82, 2.24) is 44.9 Å². The Bertz CT molecular complexity index is 1400. The Balaban J connectivity index is 1.65. The maximum absolute atomic E-state index is 13.2. The Hall–Kier alpha value is -3.86. The van der Waals surface area contributed by atoms with Crippen LogP contribution in [0, 0.1) is 6.92 Å². The number of hydrogen-bond donors (Lipinski definition) is 2. The molecule has 32 heavy (non-hydrogen) atoms. The average Bonchev–Trinajstić information content (AvgIpc) is 3.59. The van der Waals surface area contributed by atoms with Crippen molar-refractivity contribution in [3.8, 4) is 16.3 Å². The molecule has 0 aliphatic carbocycles. The number of imidazole rings is 1. The van der Waals surface area contributed by atoms with Crippen LogP contribution in [0.25, 0.3) is 21.9 Å². The summed E-state index contributed by atoms with van der Waals surface area (Å²) in [6.45, 7) is 5.95. The standard InChI is InChI=1S/C21H21N9OS/c1-4-15-8-24-28-30(15)16-7-14(21(31)26-13(3)19-23-11-25-27-19)10-29-17(9-22-20(16)29)18-6-5-12(2)32-18/h5-11,13H,4H2,1-3H3,(H,26,31)(H,23,25,27)/t13-/m0/s1. The molecule has 5 aromatic heterocycles. The predicted octanol–water partition coefficient (Wildman–Crippen LogP) is 3.12. The van der Waals surface area contributed by atoms with Gasteiger partial charge in [0.2, 0.25) is 0 Å². The molecule has 0 aliphatic rings. The Labute approximate surface area is 187 Å². The van der Waals surface area contributed by atoms with Crippen molar-refractivity contribution < 1.29 is 4.79 Å². The third kappa shape index (κ3) is 3.46. The molecule has 5 rings (SSSR count). The number of H-pyrrole nitrogens is 1. The van der Waals surface area contributed by atoms with Crippen molar-refractivity contribution in [2.75, 3.05) is 0 Å². The number of rotatable bonds is 6. The first-order valence-electron chi connectivity index (χ1n) is 10.2. The van der Waals surface area contributed by atoms with E-state index in [4.69, 9.17) is 0 Å². The highest BCUT2D eigenvalue weighted by Crippen LogP contribution is 2.30. The van der Waals surface area contributed by atoms with Gasteiger partial charge in [-0.05, 0) is 38.5 Å². The van der Waals surface area contributed by atoms with Crippen LogP contribution in [-0.4, -0.2) is 45.5 Å². The second-order valence-corrected chi connectivity index (χ2v) is 8.71. The zero-order valence-electron chi connectivity index (χ0n) is 17.8. The second kappa shape index (κ2) is 8.00. The van der Waals surface area contributed by atoms with Crippen molar-refractivity contribution >= 4 is 22.9 Å². The number of carbonyl (C=O) groups excluding carboxylic acids is 1. The first-order valence-corrected chi connectivity index (χ1v) is 11.0. The molecule has 0 saturated heterocycles. The lowest BCUT2D eigenvalue weighted by atomic mass is 10.2. The van der Waals surface area contributed by atoms with Crippen molar-refractivity contribution in [2.24, 2.45) is 0 Å². The van der Waals surface area contributed by atoms with Gasteiger partial charge in [-0.2, -0.15) is 0 Å². The summed E-state index contributed by atoms with van der Waals surface area (Å²) in [6, 6.07) is 5.60. The summed E-state index contributed by atoms with van der Waals surface area (Å²) < 4.78 is 3.68. The first kappa shape index (κ1) is 20.1. The van der Waals surface area contributed by atoms with Crippen molar-refractivity contribution in [3.05, 3.63) is 65.1 Å². The highest BCUT2D eigenvalue weighted by molar-refractivity contribution is 7.15. The van der Waals surface area contributed by atoms with Crippen molar-refractivity contribution in [1.29, 1.82) is 0 Å². The number of nitrogens with one attached hydrogen (secondary N) is 2. The minimum absolute atomic E-state index is 0.239. The maximum atomic E-state index is 13.2. The fourth-order valence-corrected chi connectivity index (χ4v) is 4.45. The van der Waals surface area contributed by atoms with E-state index in [1.165, 1.54) is 11.2 Å². The highest BCUT2D eigenvalue weighted by Gasteiger charge is 2.20. The van der Waals surface area contributed by atoms with Crippen LogP contribution in [0.15, 0.2) is 43.1 Å². The molecule has 0 fully saturated rings. The van der Waals surface area contributed by atoms with Gasteiger partial charge in [0, 0.05) is 11.1 Å². The summed E-state index contributed by atoms with van der Waals surface area (Å²) in [5.74, 6) is 0.346. The number of amides is 1. The molecular formula is C21H21N9OS. The van der Waals surface area contributed by atoms with E-state index in [0.29, 0.717) is 22.7 Å². The van der Waals surface area contributed by atoms with Gasteiger partial charge in [-0.15, -0.1) is 26.6 Å². The largest absolute Gasteiger partial charge is 0.342 e. The van der Waals surface area contributed by atoms with Crippen LogP contribution in [0.3, 0.4) is 0 Å². The second-order valence-electron chi connectivity index (χ2n) is 7.42. The van der Waals surface area contributed by atoms with E-state index < -0.39 is 0 Å². The lowest BCUT2D eigenvalue weighted by Gasteiger charge is -2.14. The van der Waals surface area contributed by atoms with Gasteiger partial charge in [0.15, 0.2) is 11.5 Å². The van der Waals surface area contributed by atoms with E-state index in [0.717, 1.165) is 22.7 Å². The van der Waals surface area contributed by atoms with E-state index in [1.54, 1.807) is 34.5 Å². The van der Waals surface area contributed by atoms with Gasteiger partial charge < -0.3 is 10.3 Å². The molecular weight excluding hydrogens is 426 g/mol. The minimum Gasteiger partial charge on any atom is -0.342 e. The zero-order valence-corrected chi connectivity index (χ0v) is 18.6. The van der Waals surface area contributed by atoms with E-state index in [9.17, 15) is 4.79 Å². The molecule has 0 aliphatic heterocycles. The molecule has 0 unspecified atom stereocenters. The van der Waals surface area contributed by atoms with Crippen LogP contribution in [0.2, 0.25) is 0 Å². The Morgan fingerprint density at radius 3 is 2.88 bits per heavy atom. The number of carbonyl (C=O) groups is 1. The fraction of sp³-hybridized carbons (Fsp3) is 0.238. The highest BCUT2D eigenvalue weighted by atomic mass is 32.1. The van der Waals surface area contributed by atoms with E-state index in [1.807, 2.05) is 24.4 Å². The van der Waals surface area contributed by atoms with Crippen LogP contribution < -0.4 is 5.32 Å². The fourth-order valence-electron chi connectivity index (χ4n) is 3.58. The molecule has 10 nitrogen and oxygen atoms in total. The smallest absolute Gasteiger partial charge is 0.253 e. The first-order chi connectivity index (χ1) is 15.5. The monoisotopic (exact) mass is 447 g/mol. The molecule has 11 heteroatoms. The molecule has 0 radical (unpaired) electrons. The predicted molar refractivity (Wildman–Crippen MR) is 120 cm³/mol. The summed E-state index contributed by atoms with van der Waals surface area (Å²) in [7, 11) is 0. The van der Waals surface area contributed by atoms with Gasteiger partial charge in [0.1, 0.15) is 12.0 Å². The van der Waals surface area contributed by atoms with Gasteiger partial charge in [0.25, 0.3) is 5.91 Å². The molecule has 0 saturated carbocycles. The molecule has 5 aromatic rings. The van der Waals surface area contributed by atoms with Crippen LogP contribution in [0.5, 0.6) is 0 Å². The molecule has 5 heterocycles. The van der Waals surface area contributed by atoms with Crippen molar-refractivity contribution in [3.63, 3.8) is 0 Å². The Morgan fingerprint density at radius 1 is 1.28 bits per heavy atom. The number of aryl methyl sites for hydroxylation is 2. The Kier molecular flexibility index (Phi) is 5.02. The lowest BCUT2D eigenvalue weighted by molar-refractivity contribution is 0.0938. The molecule has 0 spiro atoms. The third-order valence-electron chi connectivity index (χ3n) is 5.25. The van der Waals surface area contributed by atoms with Gasteiger partial charge in [-0.3, -0.25) is 9.20 Å². The number of aromatic nitrogens is 8. The zero-order chi connectivity index (χ0) is 22.2. The van der Waals surface area contributed by atoms with Crippen LogP contribution in [-0.2, 0) is 6.42 Å². The van der Waals surface area contributed by atoms with Crippen LogP contribution >= 0.6 is 11.3 Å². The van der Waals surface area contributed by atoms with Gasteiger partial charge in [0.05, 0.1) is 40.3 Å². The van der Waals surface area contributed by atoms with Crippen LogP contribution in [0.1, 0.15) is 46.6 Å². The van der Waals surface area contributed by atoms with Crippen LogP contribution in [0.4, 0.5) is 0 Å². The number of fused-ring (bicyclic) bond motifs is 1. The van der Waals surface area contributed by atoms with E-state index in [-0.39, 0.29) is 11.9 Å². The molecule has 2 N–H and O–H groups in total. The van der Waals surface area contributed by atoms with E-state index in [2.05, 4.69) is 54.9 Å². The number of thiophene rings is 1. The number of nitrogens with zero attached hydrogens (tertiary/aromatic N) is 7. The normalized spacial score (nSPS) is 12.3. The summed E-state index contributed by atoms with van der Waals surface area (Å²) in [4.78, 5) is 23.1. The summed E-state index contributed by atoms with van der Waals surface area (Å²) in [5.41, 5.74) is 3.71.